The van der Waals surface area contributed by atoms with Crippen LogP contribution < -0.4 is 30.2 Å². The number of benzene rings is 2. The van der Waals surface area contributed by atoms with E-state index >= 15 is 0 Å². The lowest BCUT2D eigenvalue weighted by Gasteiger charge is -2.30. The number of hydrogen-bond acceptors (Lipinski definition) is 9. The Hall–Kier alpha value is -4.03. The zero-order chi connectivity index (χ0) is 35.9. The molecule has 12 nitrogen and oxygen atoms in total. The fourth-order valence-electron chi connectivity index (χ4n) is 5.28. The molecule has 4 atom stereocenters. The van der Waals surface area contributed by atoms with E-state index < -0.39 is 41.7 Å². The third-order valence-corrected chi connectivity index (χ3v) is 7.69. The lowest BCUT2D eigenvalue weighted by Crippen LogP contribution is -2.53. The van der Waals surface area contributed by atoms with Crippen LogP contribution in [0, 0.1) is 11.8 Å². The molecule has 0 saturated heterocycles. The molecule has 0 aliphatic rings. The van der Waals surface area contributed by atoms with Gasteiger partial charge in [0.15, 0.2) is 11.5 Å². The average Bonchev–Trinajstić information content (AvgIpc) is 3.03. The Kier molecular flexibility index (Phi) is 16.5. The summed E-state index contributed by atoms with van der Waals surface area (Å²) in [5.41, 5.74) is 0.756. The molecule has 0 aromatic heterocycles. The molecular formula is C36H55N3O9. The molecule has 3 amide bonds. The van der Waals surface area contributed by atoms with Crippen molar-refractivity contribution >= 4 is 17.9 Å². The fourth-order valence-corrected chi connectivity index (χ4v) is 5.28. The van der Waals surface area contributed by atoms with Crippen molar-refractivity contribution in [2.75, 3.05) is 41.6 Å². The summed E-state index contributed by atoms with van der Waals surface area (Å²) >= 11 is 0. The molecule has 0 aliphatic heterocycles. The van der Waals surface area contributed by atoms with Gasteiger partial charge in [0.05, 0.1) is 33.5 Å². The van der Waals surface area contributed by atoms with Gasteiger partial charge in [0.1, 0.15) is 11.6 Å². The molecule has 0 unspecified atom stereocenters. The van der Waals surface area contributed by atoms with Gasteiger partial charge in [0.2, 0.25) is 17.6 Å². The van der Waals surface area contributed by atoms with Crippen molar-refractivity contribution in [3.63, 3.8) is 0 Å². The van der Waals surface area contributed by atoms with Crippen molar-refractivity contribution < 1.29 is 43.2 Å². The Labute approximate surface area is 285 Å². The predicted octanol–water partition coefficient (Wildman–Crippen LogP) is 4.05. The van der Waals surface area contributed by atoms with E-state index in [2.05, 4.69) is 16.0 Å². The van der Waals surface area contributed by atoms with Crippen LogP contribution in [0.5, 0.6) is 17.2 Å². The van der Waals surface area contributed by atoms with Crippen LogP contribution in [0.4, 0.5) is 4.79 Å². The van der Waals surface area contributed by atoms with E-state index in [1.165, 1.54) is 21.3 Å². The highest BCUT2D eigenvalue weighted by atomic mass is 16.6. The Morgan fingerprint density at radius 2 is 1.50 bits per heavy atom. The second kappa shape index (κ2) is 19.7. The fraction of sp³-hybridized carbons (Fsp3) is 0.583. The highest BCUT2D eigenvalue weighted by molar-refractivity contribution is 5.89. The third-order valence-electron chi connectivity index (χ3n) is 7.69. The molecule has 2 rings (SSSR count). The van der Waals surface area contributed by atoms with Gasteiger partial charge in [0.25, 0.3) is 0 Å². The molecule has 0 spiro atoms. The van der Waals surface area contributed by atoms with E-state index in [4.69, 9.17) is 23.7 Å². The van der Waals surface area contributed by atoms with Crippen molar-refractivity contribution in [3.05, 3.63) is 53.6 Å². The zero-order valence-corrected chi connectivity index (χ0v) is 29.9. The van der Waals surface area contributed by atoms with Crippen LogP contribution in [0.3, 0.4) is 0 Å². The number of methoxy groups -OCH3 is 4. The minimum Gasteiger partial charge on any atom is -0.493 e. The molecule has 0 aliphatic carbocycles. The van der Waals surface area contributed by atoms with E-state index in [1.54, 1.807) is 40.0 Å². The standard InChI is InChI=1S/C36H55N3O9/c1-23(2)30(34(42)37-18-13-19-44-6)39-33(41)26(21-25-16-17-29(45-7)32(47-9)31(25)46-8)22-28(40)27(20-24-14-11-10-12-15-24)38-35(43)48-36(3,4)5/h10-12,14-17,23,26-28,30,40H,13,18-22H2,1-9H3,(H,37,42)(H,38,43)(H,39,41)/t26-,27+,28+,30+/m1/s1. The van der Waals surface area contributed by atoms with Crippen molar-refractivity contribution in [1.82, 2.24) is 16.0 Å². The number of aliphatic hydroxyl groups excluding tert-OH is 1. The summed E-state index contributed by atoms with van der Waals surface area (Å²) in [6, 6.07) is 11.3. The van der Waals surface area contributed by atoms with Crippen molar-refractivity contribution in [2.24, 2.45) is 11.8 Å². The Balaban J connectivity index is 2.48. The maximum Gasteiger partial charge on any atom is 0.407 e. The first-order valence-corrected chi connectivity index (χ1v) is 16.3. The van der Waals surface area contributed by atoms with Gasteiger partial charge < -0.3 is 44.7 Å². The van der Waals surface area contributed by atoms with Gasteiger partial charge in [-0.25, -0.2) is 4.79 Å². The van der Waals surface area contributed by atoms with Gasteiger partial charge in [0, 0.05) is 26.2 Å². The molecule has 4 N–H and O–H groups in total. The lowest BCUT2D eigenvalue weighted by molar-refractivity contribution is -0.132. The molecule has 0 heterocycles. The first kappa shape index (κ1) is 40.1. The van der Waals surface area contributed by atoms with Crippen molar-refractivity contribution in [1.29, 1.82) is 0 Å². The Morgan fingerprint density at radius 3 is 2.06 bits per heavy atom. The summed E-state index contributed by atoms with van der Waals surface area (Å²) in [6.45, 7) is 9.85. The van der Waals surface area contributed by atoms with Gasteiger partial charge in [-0.15, -0.1) is 0 Å². The molecule has 12 heteroatoms. The number of alkyl carbamates (subject to hydrolysis) is 1. The molecule has 0 saturated carbocycles. The summed E-state index contributed by atoms with van der Waals surface area (Å²) in [5, 5.41) is 20.3. The number of ether oxygens (including phenoxy) is 5. The number of nitrogens with one attached hydrogen (secondary N) is 3. The number of carbonyl (C=O) groups excluding carboxylic acids is 3. The average molecular weight is 674 g/mol. The van der Waals surface area contributed by atoms with Gasteiger partial charge >= 0.3 is 6.09 Å². The summed E-state index contributed by atoms with van der Waals surface area (Å²) in [7, 11) is 6.09. The second-order valence-electron chi connectivity index (χ2n) is 13.0. The first-order valence-electron chi connectivity index (χ1n) is 16.3. The van der Waals surface area contributed by atoms with Crippen LogP contribution in [-0.2, 0) is 31.9 Å². The molecule has 0 fully saturated rings. The minimum atomic E-state index is -1.18. The summed E-state index contributed by atoms with van der Waals surface area (Å²) in [5.74, 6) is -0.633. The summed E-state index contributed by atoms with van der Waals surface area (Å²) in [4.78, 5) is 40.2. The van der Waals surface area contributed by atoms with Crippen LogP contribution in [0.25, 0.3) is 0 Å². The summed E-state index contributed by atoms with van der Waals surface area (Å²) in [6.07, 6.45) is -0.889. The SMILES string of the molecule is COCCCNC(=O)[C@@H](NC(=O)[C@H](Cc1ccc(OC)c(OC)c1OC)C[C@H](O)[C@H](Cc1ccccc1)NC(=O)OC(C)(C)C)C(C)C. The molecule has 48 heavy (non-hydrogen) atoms. The topological polar surface area (TPSA) is 154 Å². The second-order valence-corrected chi connectivity index (χ2v) is 13.0. The molecule has 0 bridgehead atoms. The smallest absolute Gasteiger partial charge is 0.407 e. The van der Waals surface area contributed by atoms with Gasteiger partial charge in [-0.3, -0.25) is 9.59 Å². The van der Waals surface area contributed by atoms with E-state index in [1.807, 2.05) is 44.2 Å². The highest BCUT2D eigenvalue weighted by Gasteiger charge is 2.33. The van der Waals surface area contributed by atoms with Gasteiger partial charge in [-0.1, -0.05) is 50.2 Å². The van der Waals surface area contributed by atoms with Crippen LogP contribution in [0.15, 0.2) is 42.5 Å². The van der Waals surface area contributed by atoms with Crippen LogP contribution in [0.1, 0.15) is 58.6 Å². The molecule has 2 aromatic carbocycles. The molecule has 268 valence electrons. The number of hydrogen-bond donors (Lipinski definition) is 4. The zero-order valence-electron chi connectivity index (χ0n) is 29.9. The molecular weight excluding hydrogens is 618 g/mol. The quantitative estimate of drug-likeness (QED) is 0.162. The van der Waals surface area contributed by atoms with E-state index in [0.717, 1.165) is 5.56 Å². The third kappa shape index (κ3) is 12.9. The number of amides is 3. The van der Waals surface area contributed by atoms with Crippen LogP contribution in [-0.4, -0.2) is 88.4 Å². The number of rotatable bonds is 19. The van der Waals surface area contributed by atoms with Gasteiger partial charge in [-0.05, 0) is 69.6 Å². The van der Waals surface area contributed by atoms with Crippen molar-refractivity contribution in [2.45, 2.75) is 84.1 Å². The highest BCUT2D eigenvalue weighted by Crippen LogP contribution is 2.41. The molecule has 2 aromatic rings. The van der Waals surface area contributed by atoms with Crippen LogP contribution >= 0.6 is 0 Å². The Morgan fingerprint density at radius 1 is 0.833 bits per heavy atom. The summed E-state index contributed by atoms with van der Waals surface area (Å²) < 4.78 is 27.3. The normalized spacial score (nSPS) is 13.9. The minimum absolute atomic E-state index is 0.0586. The monoisotopic (exact) mass is 673 g/mol. The predicted molar refractivity (Wildman–Crippen MR) is 183 cm³/mol. The number of aliphatic hydroxyl groups is 1. The molecule has 0 radical (unpaired) electrons. The maximum atomic E-state index is 14.1. The lowest BCUT2D eigenvalue weighted by atomic mass is 9.87. The van der Waals surface area contributed by atoms with E-state index in [9.17, 15) is 19.5 Å². The first-order chi connectivity index (χ1) is 22.7. The Bertz CT molecular complexity index is 1300. The van der Waals surface area contributed by atoms with E-state index in [-0.39, 0.29) is 31.1 Å². The van der Waals surface area contributed by atoms with Crippen molar-refractivity contribution in [3.8, 4) is 17.2 Å². The largest absolute Gasteiger partial charge is 0.493 e. The number of carbonyl (C=O) groups is 3. The van der Waals surface area contributed by atoms with Gasteiger partial charge in [-0.2, -0.15) is 0 Å². The van der Waals surface area contributed by atoms with E-state index in [0.29, 0.717) is 42.4 Å². The maximum absolute atomic E-state index is 14.1. The van der Waals surface area contributed by atoms with Crippen LogP contribution in [0.2, 0.25) is 0 Å².